The van der Waals surface area contributed by atoms with Crippen LogP contribution in [0.2, 0.25) is 0 Å². The van der Waals surface area contributed by atoms with Crippen LogP contribution in [0.15, 0.2) is 6.20 Å². The van der Waals surface area contributed by atoms with Gasteiger partial charge in [-0.15, -0.1) is 5.10 Å². The van der Waals surface area contributed by atoms with Crippen molar-refractivity contribution in [2.75, 3.05) is 33.5 Å². The Hall–Kier alpha value is -0.870. The number of aromatic nitrogens is 3. The summed E-state index contributed by atoms with van der Waals surface area (Å²) in [5.74, 6) is 0. The van der Waals surface area contributed by atoms with Gasteiger partial charge in [0.25, 0.3) is 0 Å². The van der Waals surface area contributed by atoms with Crippen LogP contribution in [0.5, 0.6) is 0 Å². The molecule has 0 radical (unpaired) electrons. The molecule has 1 aromatic rings. The van der Waals surface area contributed by atoms with E-state index < -0.39 is 12.9 Å². The van der Waals surface area contributed by atoms with Gasteiger partial charge in [0, 0.05) is 33.5 Å². The molecule has 2 N–H and O–H groups in total. The maximum atomic E-state index is 13.3. The average molecular weight is 491 g/mol. The number of nitrogens with zero attached hydrogens (tertiary/aromatic N) is 3. The molecule has 0 amide bonds. The van der Waals surface area contributed by atoms with Crippen molar-refractivity contribution in [3.05, 3.63) is 11.9 Å². The lowest BCUT2D eigenvalue weighted by Crippen LogP contribution is -2.34. The molecule has 0 aromatic carbocycles. The van der Waals surface area contributed by atoms with Crippen LogP contribution in [-0.4, -0.2) is 71.2 Å². The van der Waals surface area contributed by atoms with Crippen LogP contribution in [0.1, 0.15) is 72.4 Å². The largest absolute Gasteiger partial charge is 0.396 e. The topological polar surface area (TPSA) is 117 Å². The summed E-state index contributed by atoms with van der Waals surface area (Å²) in [6.45, 7) is 11.6. The zero-order chi connectivity index (χ0) is 24.5. The molecule has 0 spiro atoms. The van der Waals surface area contributed by atoms with Crippen molar-refractivity contribution in [3.8, 4) is 0 Å². The number of ether oxygens (including phenoxy) is 3. The van der Waals surface area contributed by atoms with E-state index in [1.807, 2.05) is 10.9 Å². The molecule has 33 heavy (non-hydrogen) atoms. The molecule has 1 aliphatic heterocycles. The Bertz CT molecular complexity index is 751. The van der Waals surface area contributed by atoms with Gasteiger partial charge in [-0.05, 0) is 66.7 Å². The molecule has 2 rings (SSSR count). The second-order valence-electron chi connectivity index (χ2n) is 9.64. The first kappa shape index (κ1) is 28.4. The number of rotatable bonds is 15. The first-order valence-corrected chi connectivity index (χ1v) is 13.5. The molecule has 10 nitrogen and oxygen atoms in total. The van der Waals surface area contributed by atoms with Gasteiger partial charge < -0.3 is 23.8 Å². The molecule has 0 saturated carbocycles. The third-order valence-electron chi connectivity index (χ3n) is 6.19. The average Bonchev–Trinajstić information content (AvgIpc) is 3.28. The highest BCUT2D eigenvalue weighted by Gasteiger charge is 2.42. The van der Waals surface area contributed by atoms with Crippen molar-refractivity contribution in [2.24, 2.45) is 0 Å². The lowest BCUT2D eigenvalue weighted by molar-refractivity contribution is -0.0876. The molecule has 1 aliphatic rings. The standard InChI is InChI=1S/C22H43N4O6P/c1-18(20-10-7-8-13-31-20)30-15-11-21(2,3)26-17-19(24-25-26)16-23-33(28,29-6)22(4,5)32-14-9-12-27/h17-18,20,27H,7-16H2,1-6H3,(H,23,28)/t18?,20-,33?/m1/s1. The van der Waals surface area contributed by atoms with Crippen molar-refractivity contribution in [3.63, 3.8) is 0 Å². The summed E-state index contributed by atoms with van der Waals surface area (Å²) in [7, 11) is -1.95. The van der Waals surface area contributed by atoms with E-state index in [4.69, 9.17) is 23.8 Å². The van der Waals surface area contributed by atoms with Crippen molar-refractivity contribution < 1.29 is 28.4 Å². The number of aliphatic hydroxyl groups is 1. The molecule has 11 heteroatoms. The van der Waals surface area contributed by atoms with Crippen molar-refractivity contribution in [1.82, 2.24) is 20.1 Å². The number of hydrogen-bond donors (Lipinski definition) is 2. The Kier molecular flexibility index (Phi) is 10.9. The van der Waals surface area contributed by atoms with Crippen LogP contribution in [0.25, 0.3) is 0 Å². The fourth-order valence-corrected chi connectivity index (χ4v) is 5.24. The third-order valence-corrected chi connectivity index (χ3v) is 8.82. The summed E-state index contributed by atoms with van der Waals surface area (Å²) in [6, 6.07) is 0. The molecule has 1 aromatic heterocycles. The van der Waals surface area contributed by atoms with Gasteiger partial charge in [0.2, 0.25) is 0 Å². The second-order valence-corrected chi connectivity index (χ2v) is 12.5. The summed E-state index contributed by atoms with van der Waals surface area (Å²) >= 11 is 0. The Labute approximate surface area is 198 Å². The Balaban J connectivity index is 1.88. The van der Waals surface area contributed by atoms with Crippen LogP contribution in [0.4, 0.5) is 0 Å². The van der Waals surface area contributed by atoms with Gasteiger partial charge >= 0.3 is 7.52 Å². The summed E-state index contributed by atoms with van der Waals surface area (Å²) in [6.07, 6.45) is 6.71. The summed E-state index contributed by atoms with van der Waals surface area (Å²) in [4.78, 5) is 0. The highest BCUT2D eigenvalue weighted by Crippen LogP contribution is 2.55. The first-order valence-electron chi connectivity index (χ1n) is 11.9. The van der Waals surface area contributed by atoms with Crippen LogP contribution < -0.4 is 5.09 Å². The molecular weight excluding hydrogens is 447 g/mol. The number of hydrogen-bond acceptors (Lipinski definition) is 8. The van der Waals surface area contributed by atoms with Crippen LogP contribution in [0.3, 0.4) is 0 Å². The Morgan fingerprint density at radius 3 is 2.73 bits per heavy atom. The molecule has 192 valence electrons. The normalized spacial score (nSPS) is 20.5. The van der Waals surface area contributed by atoms with Crippen molar-refractivity contribution in [1.29, 1.82) is 0 Å². The molecule has 1 fully saturated rings. The number of nitrogens with one attached hydrogen (secondary N) is 1. The maximum Gasteiger partial charge on any atom is 0.300 e. The zero-order valence-electron chi connectivity index (χ0n) is 21.1. The van der Waals surface area contributed by atoms with E-state index in [1.165, 1.54) is 13.5 Å². The fourth-order valence-electron chi connectivity index (χ4n) is 3.66. The van der Waals surface area contributed by atoms with Gasteiger partial charge in [0.15, 0.2) is 5.34 Å². The second kappa shape index (κ2) is 12.7. The van der Waals surface area contributed by atoms with Gasteiger partial charge in [0.1, 0.15) is 0 Å². The number of aliphatic hydroxyl groups excluding tert-OH is 1. The Morgan fingerprint density at radius 2 is 2.09 bits per heavy atom. The molecule has 2 unspecified atom stereocenters. The molecule has 3 atom stereocenters. The quantitative estimate of drug-likeness (QED) is 0.282. The zero-order valence-corrected chi connectivity index (χ0v) is 22.0. The van der Waals surface area contributed by atoms with Gasteiger partial charge in [-0.2, -0.15) is 0 Å². The first-order chi connectivity index (χ1) is 15.5. The third kappa shape index (κ3) is 8.09. The van der Waals surface area contributed by atoms with E-state index in [1.54, 1.807) is 13.8 Å². The van der Waals surface area contributed by atoms with Crippen molar-refractivity contribution >= 4 is 7.52 Å². The predicted molar refractivity (Wildman–Crippen MR) is 126 cm³/mol. The van der Waals surface area contributed by atoms with Crippen molar-refractivity contribution in [2.45, 2.75) is 96.4 Å². The molecule has 2 heterocycles. The summed E-state index contributed by atoms with van der Waals surface area (Å²) < 4.78 is 38.0. The van der Waals surface area contributed by atoms with Crippen LogP contribution >= 0.6 is 7.52 Å². The lowest BCUT2D eigenvalue weighted by atomic mass is 10.0. The minimum absolute atomic E-state index is 0.0119. The summed E-state index contributed by atoms with van der Waals surface area (Å²) in [5.41, 5.74) is 0.354. The lowest BCUT2D eigenvalue weighted by Gasteiger charge is -2.33. The molecule has 0 bridgehead atoms. The van der Waals surface area contributed by atoms with E-state index in [0.717, 1.165) is 25.9 Å². The monoisotopic (exact) mass is 490 g/mol. The van der Waals surface area contributed by atoms with E-state index in [-0.39, 0.29) is 37.5 Å². The summed E-state index contributed by atoms with van der Waals surface area (Å²) in [5, 5.41) is 19.4. The van der Waals surface area contributed by atoms with Gasteiger partial charge in [-0.1, -0.05) is 5.21 Å². The van der Waals surface area contributed by atoms with E-state index >= 15 is 0 Å². The van der Waals surface area contributed by atoms with E-state index in [9.17, 15) is 4.57 Å². The highest BCUT2D eigenvalue weighted by atomic mass is 31.2. The van der Waals surface area contributed by atoms with Gasteiger partial charge in [-0.3, -0.25) is 4.57 Å². The highest BCUT2D eigenvalue weighted by molar-refractivity contribution is 7.58. The van der Waals surface area contributed by atoms with Gasteiger partial charge in [-0.25, -0.2) is 9.77 Å². The SMILES string of the molecule is COP(=O)(NCc1cn(C(C)(C)CCOC(C)[C@H]2CCCCO2)nn1)C(C)(C)OCCCO. The Morgan fingerprint density at radius 1 is 1.33 bits per heavy atom. The predicted octanol–water partition coefficient (Wildman–Crippen LogP) is 3.44. The minimum atomic E-state index is -3.35. The van der Waals surface area contributed by atoms with E-state index in [0.29, 0.717) is 18.7 Å². The maximum absolute atomic E-state index is 13.3. The van der Waals surface area contributed by atoms with Gasteiger partial charge in [0.05, 0.1) is 36.2 Å². The van der Waals surface area contributed by atoms with Crippen LogP contribution in [0, 0.1) is 0 Å². The fraction of sp³-hybridized carbons (Fsp3) is 0.909. The minimum Gasteiger partial charge on any atom is -0.396 e. The van der Waals surface area contributed by atoms with E-state index in [2.05, 4.69) is 36.2 Å². The smallest absolute Gasteiger partial charge is 0.300 e. The molecular formula is C22H43N4O6P. The molecule has 0 aliphatic carbocycles. The molecule has 1 saturated heterocycles. The van der Waals surface area contributed by atoms with Crippen LogP contribution in [-0.2, 0) is 35.4 Å².